The molecule has 3 unspecified atom stereocenters. The number of carbonyl (C=O) groups excluding carboxylic acids is 2. The van der Waals surface area contributed by atoms with Crippen molar-refractivity contribution in [2.24, 2.45) is 15.2 Å². The van der Waals surface area contributed by atoms with Gasteiger partial charge in [0.2, 0.25) is 11.8 Å². The number of aliphatic hydroxyl groups excluding tert-OH is 1. The van der Waals surface area contributed by atoms with Crippen molar-refractivity contribution in [3.8, 4) is 11.6 Å². The summed E-state index contributed by atoms with van der Waals surface area (Å²) in [6.07, 6.45) is -1.85. The maximum Gasteiger partial charge on any atom is 0.328 e. The highest BCUT2D eigenvalue weighted by atomic mass is 16.5. The van der Waals surface area contributed by atoms with Crippen molar-refractivity contribution in [3.05, 3.63) is 54.1 Å². The molecular weight excluding hydrogens is 478 g/mol. The Morgan fingerprint density at radius 2 is 1.84 bits per heavy atom. The number of rotatable bonds is 6. The third kappa shape index (κ3) is 4.35. The third-order valence-corrected chi connectivity index (χ3v) is 6.52. The highest BCUT2D eigenvalue weighted by Crippen LogP contribution is 2.36. The van der Waals surface area contributed by atoms with Crippen molar-refractivity contribution < 1.29 is 24.5 Å². The van der Waals surface area contributed by atoms with Crippen molar-refractivity contribution in [2.45, 2.75) is 25.2 Å². The Hall–Kier alpha value is -4.45. The molecule has 0 saturated carbocycles. The van der Waals surface area contributed by atoms with Crippen molar-refractivity contribution >= 4 is 34.5 Å². The number of hydrogen-bond donors (Lipinski definition) is 3. The molecule has 5 rings (SSSR count). The van der Waals surface area contributed by atoms with Gasteiger partial charge < -0.3 is 29.7 Å². The van der Waals surface area contributed by atoms with E-state index in [1.54, 1.807) is 19.2 Å². The lowest BCUT2D eigenvalue weighted by Gasteiger charge is -2.40. The monoisotopic (exact) mass is 505 g/mol. The molecule has 1 fully saturated rings. The van der Waals surface area contributed by atoms with Crippen LogP contribution in [0.25, 0.3) is 10.9 Å². The minimum Gasteiger partial charge on any atom is -0.493 e. The van der Waals surface area contributed by atoms with Gasteiger partial charge in [-0.3, -0.25) is 9.69 Å². The number of β-amino-alcohol motifs (C(OH)–C–C–N with tert-alkyl or cyclic N) is 1. The van der Waals surface area contributed by atoms with Gasteiger partial charge in [0.1, 0.15) is 18.5 Å². The van der Waals surface area contributed by atoms with Gasteiger partial charge in [-0.15, -0.1) is 10.2 Å². The number of ether oxygens (including phenoxy) is 1. The minimum absolute atomic E-state index is 0.0365. The molecule has 2 aliphatic rings. The molecule has 0 radical (unpaired) electrons. The van der Waals surface area contributed by atoms with E-state index in [9.17, 15) is 19.8 Å². The van der Waals surface area contributed by atoms with E-state index in [0.717, 1.165) is 10.5 Å². The van der Waals surface area contributed by atoms with E-state index >= 15 is 0 Å². The summed E-state index contributed by atoms with van der Waals surface area (Å²) in [5.74, 6) is 0.0623. The number of urea groups is 1. The van der Waals surface area contributed by atoms with Crippen LogP contribution in [0.5, 0.6) is 11.6 Å². The zero-order chi connectivity index (χ0) is 26.3. The number of para-hydroxylation sites is 2. The van der Waals surface area contributed by atoms with Crippen molar-refractivity contribution in [1.82, 2.24) is 19.7 Å². The normalized spacial score (nSPS) is 20.6. The first-order valence-corrected chi connectivity index (χ1v) is 11.7. The first-order chi connectivity index (χ1) is 17.8. The molecule has 1 aromatic heterocycles. The Morgan fingerprint density at radius 1 is 1.11 bits per heavy atom. The summed E-state index contributed by atoms with van der Waals surface area (Å²) in [4.78, 5) is 36.9. The van der Waals surface area contributed by atoms with Gasteiger partial charge in [-0.05, 0) is 24.6 Å². The smallest absolute Gasteiger partial charge is 0.328 e. The van der Waals surface area contributed by atoms with Crippen LogP contribution in [-0.4, -0.2) is 93.4 Å². The number of aliphatic imine (C=N–C) groups is 1. The molecule has 192 valence electrons. The molecule has 2 aromatic carbocycles. The second-order valence-corrected chi connectivity index (χ2v) is 9.03. The standard InChI is InChI=1S/C25H27N7O5/c1-14-8-4-7-11-18(14)37-13-15(33)12-32-20-21(30(2)25(36)31(3)23(20)35)27-24(32)29-28-19-16-9-5-6-10-17(16)26-22(19)34/h4-11,15,20-21,26,33-34H,12-13H2,1-3H3. The molecule has 2 aliphatic heterocycles. The molecule has 12 heteroatoms. The number of likely N-dealkylation sites (N-methyl/N-ethyl adjacent to an activating group) is 2. The second kappa shape index (κ2) is 9.54. The number of aromatic nitrogens is 1. The van der Waals surface area contributed by atoms with Crippen LogP contribution < -0.4 is 4.74 Å². The summed E-state index contributed by atoms with van der Waals surface area (Å²) in [7, 11) is 2.95. The number of nitrogens with zero attached hydrogens (tertiary/aromatic N) is 6. The fourth-order valence-electron chi connectivity index (χ4n) is 4.52. The zero-order valence-corrected chi connectivity index (χ0v) is 20.6. The molecule has 3 atom stereocenters. The zero-order valence-electron chi connectivity index (χ0n) is 20.6. The Bertz CT molecular complexity index is 1420. The maximum absolute atomic E-state index is 13.1. The van der Waals surface area contributed by atoms with E-state index in [1.165, 1.54) is 16.8 Å². The molecule has 0 aliphatic carbocycles. The number of guanidine groups is 1. The summed E-state index contributed by atoms with van der Waals surface area (Å²) in [5.41, 5.74) is 1.82. The molecule has 37 heavy (non-hydrogen) atoms. The lowest BCUT2D eigenvalue weighted by molar-refractivity contribution is -0.136. The Labute approximate surface area is 212 Å². The predicted molar refractivity (Wildman–Crippen MR) is 135 cm³/mol. The third-order valence-electron chi connectivity index (χ3n) is 6.52. The number of benzene rings is 2. The Morgan fingerprint density at radius 3 is 2.62 bits per heavy atom. The molecule has 0 spiro atoms. The Kier molecular flexibility index (Phi) is 6.25. The van der Waals surface area contributed by atoms with Gasteiger partial charge in [0, 0.05) is 19.5 Å². The average Bonchev–Trinajstić information content (AvgIpc) is 3.41. The molecule has 3 N–H and O–H groups in total. The fourth-order valence-corrected chi connectivity index (χ4v) is 4.52. The number of amides is 3. The van der Waals surface area contributed by atoms with Crippen LogP contribution in [0.2, 0.25) is 0 Å². The van der Waals surface area contributed by atoms with Gasteiger partial charge in [0.05, 0.1) is 12.1 Å². The lowest BCUT2D eigenvalue weighted by Crippen LogP contribution is -2.64. The number of aryl methyl sites for hydroxylation is 1. The van der Waals surface area contributed by atoms with Gasteiger partial charge >= 0.3 is 6.03 Å². The number of aromatic hydroxyl groups is 1. The van der Waals surface area contributed by atoms with Gasteiger partial charge in [-0.25, -0.2) is 9.79 Å². The number of nitrogens with one attached hydrogen (secondary N) is 1. The highest BCUT2D eigenvalue weighted by molar-refractivity contribution is 6.03. The van der Waals surface area contributed by atoms with Crippen LogP contribution in [0, 0.1) is 6.92 Å². The number of aliphatic hydroxyl groups is 1. The van der Waals surface area contributed by atoms with E-state index in [0.29, 0.717) is 16.7 Å². The molecule has 1 saturated heterocycles. The van der Waals surface area contributed by atoms with Crippen LogP contribution in [-0.2, 0) is 4.79 Å². The highest BCUT2D eigenvalue weighted by Gasteiger charge is 2.51. The van der Waals surface area contributed by atoms with Crippen LogP contribution in [0.15, 0.2) is 63.8 Å². The quantitative estimate of drug-likeness (QED) is 0.439. The topological polar surface area (TPSA) is 146 Å². The number of aromatic amines is 1. The maximum atomic E-state index is 13.1. The van der Waals surface area contributed by atoms with E-state index in [-0.39, 0.29) is 30.7 Å². The van der Waals surface area contributed by atoms with Gasteiger partial charge in [-0.1, -0.05) is 36.4 Å². The first-order valence-electron chi connectivity index (χ1n) is 11.7. The molecule has 3 amide bonds. The van der Waals surface area contributed by atoms with Gasteiger partial charge in [0.15, 0.2) is 17.9 Å². The molecule has 12 nitrogen and oxygen atoms in total. The molecule has 3 heterocycles. The van der Waals surface area contributed by atoms with Crippen LogP contribution in [0.4, 0.5) is 10.5 Å². The summed E-state index contributed by atoms with van der Waals surface area (Å²) < 4.78 is 5.78. The largest absolute Gasteiger partial charge is 0.493 e. The van der Waals surface area contributed by atoms with Crippen LogP contribution in [0.1, 0.15) is 5.56 Å². The van der Waals surface area contributed by atoms with Crippen molar-refractivity contribution in [3.63, 3.8) is 0 Å². The van der Waals surface area contributed by atoms with E-state index in [1.807, 2.05) is 43.3 Å². The number of azo groups is 1. The number of carbonyl (C=O) groups is 2. The SMILES string of the molecule is Cc1ccccc1OCC(O)CN1C(N=Nc2c(O)[nH]c3ccccc23)=NC2C1C(=O)N(C)C(=O)N2C. The van der Waals surface area contributed by atoms with E-state index < -0.39 is 30.2 Å². The number of imide groups is 1. The number of fused-ring (bicyclic) bond motifs is 2. The summed E-state index contributed by atoms with van der Waals surface area (Å²) >= 11 is 0. The molecule has 0 bridgehead atoms. The van der Waals surface area contributed by atoms with Crippen molar-refractivity contribution in [2.75, 3.05) is 27.2 Å². The van der Waals surface area contributed by atoms with Crippen LogP contribution >= 0.6 is 0 Å². The molecule has 3 aromatic rings. The molecular formula is C25H27N7O5. The average molecular weight is 506 g/mol. The summed E-state index contributed by atoms with van der Waals surface area (Å²) in [6.45, 7) is 1.82. The first kappa shape index (κ1) is 24.3. The van der Waals surface area contributed by atoms with Gasteiger partial charge in [0.25, 0.3) is 5.91 Å². The predicted octanol–water partition coefficient (Wildman–Crippen LogP) is 2.60. The van der Waals surface area contributed by atoms with Crippen molar-refractivity contribution in [1.29, 1.82) is 0 Å². The summed E-state index contributed by atoms with van der Waals surface area (Å²) in [5, 5.41) is 30.3. The number of hydrogen-bond acceptors (Lipinski definition) is 9. The van der Waals surface area contributed by atoms with Crippen LogP contribution in [0.3, 0.4) is 0 Å². The van der Waals surface area contributed by atoms with E-state index in [2.05, 4.69) is 20.2 Å². The van der Waals surface area contributed by atoms with Gasteiger partial charge in [-0.2, -0.15) is 0 Å². The fraction of sp³-hybridized carbons (Fsp3) is 0.320. The number of H-pyrrole nitrogens is 1. The lowest BCUT2D eigenvalue weighted by atomic mass is 10.1. The minimum atomic E-state index is -1.01. The second-order valence-electron chi connectivity index (χ2n) is 9.03. The summed E-state index contributed by atoms with van der Waals surface area (Å²) in [6, 6.07) is 13.3. The Balaban J connectivity index is 1.43. The van der Waals surface area contributed by atoms with E-state index in [4.69, 9.17) is 4.74 Å².